The van der Waals surface area contributed by atoms with Crippen molar-refractivity contribution in [2.75, 3.05) is 9.80 Å². The molecule has 0 atom stereocenters. The van der Waals surface area contributed by atoms with Crippen molar-refractivity contribution in [2.24, 2.45) is 15.0 Å². The number of fused-ring (bicyclic) bond motifs is 7. The van der Waals surface area contributed by atoms with E-state index >= 15 is 0 Å². The molecule has 1 N–H and O–H groups in total. The van der Waals surface area contributed by atoms with Gasteiger partial charge < -0.3 is 24.0 Å². The van der Waals surface area contributed by atoms with Crippen molar-refractivity contribution in [1.29, 1.82) is 5.41 Å². The Kier molecular flexibility index (Phi) is 13.8. The smallest absolute Gasteiger partial charge is 0.238 e. The van der Waals surface area contributed by atoms with Gasteiger partial charge in [-0.05, 0) is 178 Å². The lowest BCUT2D eigenvalue weighted by Crippen LogP contribution is -2.63. The molecule has 20 heteroatoms. The Bertz CT molecular complexity index is 4220. The molecular weight excluding hydrogens is 1150 g/mol. The fourth-order valence-corrected chi connectivity index (χ4v) is 16.7. The summed E-state index contributed by atoms with van der Waals surface area (Å²) in [5, 5.41) is 12.3. The number of hydrogen-bond donors (Lipinski definition) is 1. The van der Waals surface area contributed by atoms with Gasteiger partial charge in [0.1, 0.15) is 55.4 Å². The molecule has 92 heavy (non-hydrogen) atoms. The number of allylic oxidation sites excluding steroid dienone is 1. The van der Waals surface area contributed by atoms with Crippen molar-refractivity contribution < 1.29 is 4.42 Å². The van der Waals surface area contributed by atoms with Crippen LogP contribution in [-0.2, 0) is 5.41 Å². The molecule has 3 fully saturated rings. The van der Waals surface area contributed by atoms with Crippen LogP contribution in [0, 0.1) is 5.41 Å². The summed E-state index contributed by atoms with van der Waals surface area (Å²) in [5.41, 5.74) is 2.08. The van der Waals surface area contributed by atoms with Crippen LogP contribution in [0.3, 0.4) is 0 Å². The van der Waals surface area contributed by atoms with Gasteiger partial charge in [0.15, 0.2) is 5.82 Å². The summed E-state index contributed by atoms with van der Waals surface area (Å²) in [6.45, 7) is 58.5. The molecule has 10 radical (unpaired) electrons. The summed E-state index contributed by atoms with van der Waals surface area (Å²) >= 11 is 1.55. The first-order chi connectivity index (χ1) is 42.0. The van der Waals surface area contributed by atoms with Crippen molar-refractivity contribution in [3.8, 4) is 11.4 Å². The van der Waals surface area contributed by atoms with Gasteiger partial charge in [-0.25, -0.2) is 15.0 Å². The molecule has 0 spiro atoms. The Labute approximate surface area is 558 Å². The van der Waals surface area contributed by atoms with Crippen LogP contribution in [0.25, 0.3) is 38.9 Å². The summed E-state index contributed by atoms with van der Waals surface area (Å²) in [6.07, 6.45) is 0. The van der Waals surface area contributed by atoms with E-state index in [1.54, 1.807) is 11.8 Å². The molecule has 0 saturated carbocycles. The van der Waals surface area contributed by atoms with Crippen LogP contribution in [0.1, 0.15) is 191 Å². The quantitative estimate of drug-likeness (QED) is 0.160. The van der Waals surface area contributed by atoms with Gasteiger partial charge in [-0.2, -0.15) is 15.0 Å². The molecule has 0 bridgehead atoms. The monoisotopic (exact) mass is 1240 g/mol. The van der Waals surface area contributed by atoms with Gasteiger partial charge in [0.05, 0.1) is 66.5 Å². The first-order valence-corrected chi connectivity index (χ1v) is 33.2. The maximum Gasteiger partial charge on any atom is 0.238 e. The van der Waals surface area contributed by atoms with Gasteiger partial charge in [-0.1, -0.05) is 91.1 Å². The zero-order valence-electron chi connectivity index (χ0n) is 59.4. The van der Waals surface area contributed by atoms with Gasteiger partial charge in [-0.3, -0.25) is 15.2 Å². The highest BCUT2D eigenvalue weighted by Crippen LogP contribution is 2.60. The van der Waals surface area contributed by atoms with Crippen LogP contribution in [-0.4, -0.2) is 163 Å². The van der Waals surface area contributed by atoms with E-state index in [0.717, 1.165) is 67.1 Å². The number of rotatable bonds is 6. The summed E-state index contributed by atoms with van der Waals surface area (Å²) in [6, 6.07) is 23.3. The first kappa shape index (κ1) is 65.6. The van der Waals surface area contributed by atoms with E-state index < -0.39 is 27.6 Å². The van der Waals surface area contributed by atoms with Gasteiger partial charge in [0.25, 0.3) is 0 Å². The van der Waals surface area contributed by atoms with Crippen molar-refractivity contribution in [1.82, 2.24) is 34.6 Å². The average Bonchev–Trinajstić information content (AvgIpc) is 1.52. The van der Waals surface area contributed by atoms with Crippen molar-refractivity contribution in [3.05, 3.63) is 83.6 Å². The predicted molar refractivity (Wildman–Crippen MR) is 389 cm³/mol. The second kappa shape index (κ2) is 19.4. The van der Waals surface area contributed by atoms with E-state index in [1.807, 2.05) is 12.1 Å². The highest BCUT2D eigenvalue weighted by atomic mass is 32.2. The molecule has 6 aromatic rings. The number of para-hydroxylation sites is 2. The van der Waals surface area contributed by atoms with E-state index in [0.29, 0.717) is 22.5 Å². The highest BCUT2D eigenvalue weighted by molar-refractivity contribution is 8.15. The van der Waals surface area contributed by atoms with Gasteiger partial charge in [-0.15, -0.1) is 16.4 Å². The molecule has 7 aliphatic rings. The Morgan fingerprint density at radius 1 is 0.457 bits per heavy atom. The Morgan fingerprint density at radius 3 is 1.37 bits per heavy atom. The number of aliphatic imine (C=N–C) groups is 3. The second-order valence-corrected chi connectivity index (χ2v) is 34.3. The first-order valence-electron chi connectivity index (χ1n) is 32.4. The molecule has 13 rings (SSSR count). The number of guanidine groups is 3. The third-order valence-corrected chi connectivity index (χ3v) is 26.0. The van der Waals surface area contributed by atoms with Gasteiger partial charge >= 0.3 is 0 Å². The standard InChI is InChI=1S/C37H42N4OS.C35H48B5N9/c1-33(2,25-19-15-18-23-22-16-11-13-20-26(22)42-29(23)25)30(28-24-17-12-14-21-27(24)43-31(28)38)40-32-39-34(3,4)35(5,6)41(32)37(9,10)36(40,7)8;1-28(2)30(5,6)48-26(44-28)46(32(9,10)34(48,13)14)24-41-23(17-18(36)20(38)22(40)21(39)19(17)37)42-25(43-24)47-27-45-29(3,4)31(7,8)49(27)35(15,16)33(47,11)12/h11-21,38H,1-10H3;1-16H3/b30-28+,38-31?;. The third kappa shape index (κ3) is 8.14. The van der Waals surface area contributed by atoms with E-state index in [2.05, 4.69) is 264 Å². The van der Waals surface area contributed by atoms with Crippen molar-refractivity contribution in [2.45, 2.75) is 257 Å². The van der Waals surface area contributed by atoms with Crippen molar-refractivity contribution in [3.63, 3.8) is 0 Å². The van der Waals surface area contributed by atoms with E-state index in [9.17, 15) is 5.41 Å². The summed E-state index contributed by atoms with van der Waals surface area (Å²) in [4.78, 5) is 47.1. The zero-order valence-corrected chi connectivity index (χ0v) is 60.2. The van der Waals surface area contributed by atoms with Crippen LogP contribution in [0.4, 0.5) is 11.9 Å². The highest BCUT2D eigenvalue weighted by Gasteiger charge is 2.70. The van der Waals surface area contributed by atoms with Crippen LogP contribution in [0.15, 0.2) is 96.7 Å². The van der Waals surface area contributed by atoms with Crippen LogP contribution in [0.2, 0.25) is 0 Å². The second-order valence-electron chi connectivity index (χ2n) is 33.2. The van der Waals surface area contributed by atoms with Crippen molar-refractivity contribution >= 4 is 141 Å². The number of benzene rings is 4. The molecule has 0 aliphatic carbocycles. The van der Waals surface area contributed by atoms with Gasteiger partial charge in [0.2, 0.25) is 29.8 Å². The Hall–Kier alpha value is -6.42. The molecule has 0 unspecified atom stereocenters. The number of nitrogens with one attached hydrogen (secondary N) is 1. The van der Waals surface area contributed by atoms with E-state index in [4.69, 9.17) is 73.6 Å². The number of furan rings is 1. The van der Waals surface area contributed by atoms with Crippen LogP contribution < -0.4 is 37.1 Å². The molecule has 9 heterocycles. The molecular formula is C72H90B5N13OS. The zero-order chi connectivity index (χ0) is 68.1. The average molecular weight is 1240 g/mol. The topological polar surface area (TPSA) is 132 Å². The fraction of sp³-hybridized carbons (Fsp3) is 0.542. The minimum atomic E-state index is -0.560. The van der Waals surface area contributed by atoms with E-state index in [-0.39, 0.29) is 77.4 Å². The van der Waals surface area contributed by atoms with Crippen LogP contribution in [0.5, 0.6) is 0 Å². The number of aromatic nitrogens is 3. The molecule has 470 valence electrons. The molecule has 3 saturated heterocycles. The normalized spacial score (nSPS) is 24.3. The molecule has 2 aromatic heterocycles. The Balaban J connectivity index is 0.000000179. The maximum absolute atomic E-state index is 9.45. The number of anilines is 2. The summed E-state index contributed by atoms with van der Waals surface area (Å²) in [7, 11) is 32.3. The minimum absolute atomic E-state index is 0.124. The lowest BCUT2D eigenvalue weighted by molar-refractivity contribution is 0.0344. The number of thioether (sulfide) groups is 1. The predicted octanol–water partition coefficient (Wildman–Crippen LogP) is 10.2. The third-order valence-electron chi connectivity index (χ3n) is 25.0. The summed E-state index contributed by atoms with van der Waals surface area (Å²) < 4.78 is 6.65. The summed E-state index contributed by atoms with van der Waals surface area (Å²) in [5.74, 6) is 3.57. The fourth-order valence-electron chi connectivity index (χ4n) is 15.7. The maximum atomic E-state index is 9.45. The van der Waals surface area contributed by atoms with E-state index in [1.165, 1.54) is 0 Å². The van der Waals surface area contributed by atoms with Crippen LogP contribution >= 0.6 is 11.8 Å². The molecule has 14 nitrogen and oxygen atoms in total. The lowest BCUT2D eigenvalue weighted by atomic mass is 9.60. The number of hydrogen-bond acceptors (Lipinski definition) is 15. The lowest BCUT2D eigenvalue weighted by Gasteiger charge is -2.51. The van der Waals surface area contributed by atoms with Gasteiger partial charge in [0, 0.05) is 49.0 Å². The molecule has 7 aliphatic heterocycles. The largest absolute Gasteiger partial charge is 0.456 e. The number of nitrogens with zero attached hydrogens (tertiary/aromatic N) is 12. The molecule has 0 amide bonds. The Morgan fingerprint density at radius 2 is 0.870 bits per heavy atom. The minimum Gasteiger partial charge on any atom is -0.456 e. The molecule has 4 aromatic carbocycles. The SMILES string of the molecule is CC(C)(/C(=C1\C(=N)Sc2ccccc21)N1C2=NC(C)(C)C(C)(C)N2C(C)(C)C1(C)C)c1cccc2c1oc1ccccc12.[B]c1c([B])c([B])c(-c2nc(N3C4=NC(C)(C)C(C)(C)N4C(C)(C)C3(C)C)nc(N3C4=NC(C)(C)C(C)(C)N4C(C)(C)C3(C)C)n2)c([B])c1[B].